The molecule has 0 aromatic heterocycles. The van der Waals surface area contributed by atoms with Gasteiger partial charge >= 0.3 is 0 Å². The first-order valence-corrected chi connectivity index (χ1v) is 6.02. The summed E-state index contributed by atoms with van der Waals surface area (Å²) in [6.45, 7) is 10.5. The summed E-state index contributed by atoms with van der Waals surface area (Å²) in [7, 11) is 0. The van der Waals surface area contributed by atoms with E-state index in [2.05, 4.69) is 45.1 Å². The molecule has 2 unspecified atom stereocenters. The van der Waals surface area contributed by atoms with Crippen molar-refractivity contribution in [1.29, 1.82) is 0 Å². The van der Waals surface area contributed by atoms with Gasteiger partial charge in [-0.05, 0) is 44.4 Å². The van der Waals surface area contributed by atoms with E-state index in [9.17, 15) is 0 Å². The number of hydrogen-bond donors (Lipinski definition) is 1. The van der Waals surface area contributed by atoms with Crippen LogP contribution < -0.4 is 5.32 Å². The SMILES string of the molecule is Cc1cc(C)c(C2OCCNC2C)c(C)c1. The highest BCUT2D eigenvalue weighted by Gasteiger charge is 2.25. The second-order valence-corrected chi connectivity index (χ2v) is 4.85. The molecule has 2 heteroatoms. The van der Waals surface area contributed by atoms with Gasteiger partial charge < -0.3 is 10.1 Å². The third-order valence-electron chi connectivity index (χ3n) is 3.34. The van der Waals surface area contributed by atoms with Crippen molar-refractivity contribution in [3.8, 4) is 0 Å². The summed E-state index contributed by atoms with van der Waals surface area (Å²) >= 11 is 0. The number of aryl methyl sites for hydroxylation is 3. The fourth-order valence-electron chi connectivity index (χ4n) is 2.70. The Labute approximate surface area is 98.0 Å². The molecule has 2 nitrogen and oxygen atoms in total. The Balaban J connectivity index is 2.38. The second kappa shape index (κ2) is 4.56. The molecule has 1 heterocycles. The maximum Gasteiger partial charge on any atom is 0.0980 e. The monoisotopic (exact) mass is 219 g/mol. The molecule has 2 rings (SSSR count). The lowest BCUT2D eigenvalue weighted by Crippen LogP contribution is -2.41. The molecule has 88 valence electrons. The molecule has 0 amide bonds. The van der Waals surface area contributed by atoms with Gasteiger partial charge in [0.15, 0.2) is 0 Å². The van der Waals surface area contributed by atoms with E-state index in [1.165, 1.54) is 22.3 Å². The molecule has 1 N–H and O–H groups in total. The largest absolute Gasteiger partial charge is 0.371 e. The molecule has 2 atom stereocenters. The third kappa shape index (κ3) is 2.13. The molecule has 0 aliphatic carbocycles. The lowest BCUT2D eigenvalue weighted by Gasteiger charge is -2.32. The molecule has 0 spiro atoms. The highest BCUT2D eigenvalue weighted by molar-refractivity contribution is 5.39. The molecule has 16 heavy (non-hydrogen) atoms. The first-order chi connectivity index (χ1) is 7.59. The van der Waals surface area contributed by atoms with Crippen molar-refractivity contribution in [2.75, 3.05) is 13.2 Å². The lowest BCUT2D eigenvalue weighted by molar-refractivity contribution is -0.000956. The normalized spacial score (nSPS) is 25.8. The van der Waals surface area contributed by atoms with Crippen LogP contribution in [0.4, 0.5) is 0 Å². The van der Waals surface area contributed by atoms with E-state index in [4.69, 9.17) is 4.74 Å². The quantitative estimate of drug-likeness (QED) is 0.784. The van der Waals surface area contributed by atoms with Crippen LogP contribution in [0.1, 0.15) is 35.3 Å². The summed E-state index contributed by atoms with van der Waals surface area (Å²) in [6, 6.07) is 4.88. The highest BCUT2D eigenvalue weighted by atomic mass is 16.5. The van der Waals surface area contributed by atoms with Gasteiger partial charge in [-0.2, -0.15) is 0 Å². The van der Waals surface area contributed by atoms with Crippen LogP contribution in [0.25, 0.3) is 0 Å². The molecule has 1 fully saturated rings. The minimum Gasteiger partial charge on any atom is -0.371 e. The summed E-state index contributed by atoms with van der Waals surface area (Å²) in [5.41, 5.74) is 5.39. The summed E-state index contributed by atoms with van der Waals surface area (Å²) in [4.78, 5) is 0. The summed E-state index contributed by atoms with van der Waals surface area (Å²) in [5.74, 6) is 0. The number of morpholine rings is 1. The minimum absolute atomic E-state index is 0.203. The van der Waals surface area contributed by atoms with Crippen LogP contribution in [0.3, 0.4) is 0 Å². The Bertz CT molecular complexity index is 363. The zero-order valence-corrected chi connectivity index (χ0v) is 10.6. The molecular weight excluding hydrogens is 198 g/mol. The fourth-order valence-corrected chi connectivity index (χ4v) is 2.70. The number of nitrogens with one attached hydrogen (secondary N) is 1. The molecule has 1 aromatic rings. The first-order valence-electron chi connectivity index (χ1n) is 6.02. The van der Waals surface area contributed by atoms with E-state index in [-0.39, 0.29) is 6.10 Å². The van der Waals surface area contributed by atoms with Gasteiger partial charge in [0, 0.05) is 12.6 Å². The van der Waals surface area contributed by atoms with Gasteiger partial charge in [-0.3, -0.25) is 0 Å². The van der Waals surface area contributed by atoms with E-state index >= 15 is 0 Å². The van der Waals surface area contributed by atoms with Crippen molar-refractivity contribution >= 4 is 0 Å². The predicted octanol–water partition coefficient (Wildman–Crippen LogP) is 2.66. The maximum absolute atomic E-state index is 5.92. The molecule has 1 aromatic carbocycles. The van der Waals surface area contributed by atoms with Crippen molar-refractivity contribution in [2.24, 2.45) is 0 Å². The van der Waals surface area contributed by atoms with Crippen molar-refractivity contribution in [1.82, 2.24) is 5.32 Å². The van der Waals surface area contributed by atoms with E-state index in [0.29, 0.717) is 6.04 Å². The molecule has 1 aliphatic rings. The Kier molecular flexibility index (Phi) is 3.31. The van der Waals surface area contributed by atoms with Crippen molar-refractivity contribution < 1.29 is 4.74 Å². The summed E-state index contributed by atoms with van der Waals surface area (Å²) < 4.78 is 5.92. The van der Waals surface area contributed by atoms with E-state index < -0.39 is 0 Å². The van der Waals surface area contributed by atoms with Crippen LogP contribution in [0.2, 0.25) is 0 Å². The van der Waals surface area contributed by atoms with E-state index in [1.54, 1.807) is 0 Å². The van der Waals surface area contributed by atoms with E-state index in [1.807, 2.05) is 0 Å². The highest BCUT2D eigenvalue weighted by Crippen LogP contribution is 2.30. The maximum atomic E-state index is 5.92. The van der Waals surface area contributed by atoms with Crippen LogP contribution in [-0.4, -0.2) is 19.2 Å². The predicted molar refractivity (Wildman–Crippen MR) is 66.8 cm³/mol. The van der Waals surface area contributed by atoms with Gasteiger partial charge in [0.05, 0.1) is 12.7 Å². The Morgan fingerprint density at radius 2 is 1.81 bits per heavy atom. The van der Waals surface area contributed by atoms with Crippen molar-refractivity contribution in [3.05, 3.63) is 34.4 Å². The van der Waals surface area contributed by atoms with Crippen LogP contribution in [0.5, 0.6) is 0 Å². The zero-order valence-electron chi connectivity index (χ0n) is 10.6. The van der Waals surface area contributed by atoms with Crippen LogP contribution in [0.15, 0.2) is 12.1 Å². The smallest absolute Gasteiger partial charge is 0.0980 e. The second-order valence-electron chi connectivity index (χ2n) is 4.85. The number of hydrogen-bond acceptors (Lipinski definition) is 2. The Morgan fingerprint density at radius 1 is 1.19 bits per heavy atom. The van der Waals surface area contributed by atoms with Gasteiger partial charge in [0.1, 0.15) is 0 Å². The van der Waals surface area contributed by atoms with Gasteiger partial charge in [-0.15, -0.1) is 0 Å². The average molecular weight is 219 g/mol. The zero-order chi connectivity index (χ0) is 11.7. The number of benzene rings is 1. The van der Waals surface area contributed by atoms with Gasteiger partial charge in [0.25, 0.3) is 0 Å². The van der Waals surface area contributed by atoms with Gasteiger partial charge in [0.2, 0.25) is 0 Å². The molecule has 1 saturated heterocycles. The number of ether oxygens (including phenoxy) is 1. The van der Waals surface area contributed by atoms with Gasteiger partial charge in [-0.25, -0.2) is 0 Å². The molecule has 0 saturated carbocycles. The Morgan fingerprint density at radius 3 is 2.38 bits per heavy atom. The summed E-state index contributed by atoms with van der Waals surface area (Å²) in [6.07, 6.45) is 0.203. The van der Waals surface area contributed by atoms with Crippen LogP contribution in [-0.2, 0) is 4.74 Å². The van der Waals surface area contributed by atoms with Crippen LogP contribution in [0, 0.1) is 20.8 Å². The third-order valence-corrected chi connectivity index (χ3v) is 3.34. The fraction of sp³-hybridized carbons (Fsp3) is 0.571. The summed E-state index contributed by atoms with van der Waals surface area (Å²) in [5, 5.41) is 3.47. The van der Waals surface area contributed by atoms with Crippen molar-refractivity contribution in [2.45, 2.75) is 39.8 Å². The Hall–Kier alpha value is -0.860. The first kappa shape index (κ1) is 11.6. The van der Waals surface area contributed by atoms with Crippen molar-refractivity contribution in [3.63, 3.8) is 0 Å². The minimum atomic E-state index is 0.203. The molecular formula is C14H21NO. The average Bonchev–Trinajstić information content (AvgIpc) is 2.19. The van der Waals surface area contributed by atoms with E-state index in [0.717, 1.165) is 13.2 Å². The van der Waals surface area contributed by atoms with Crippen LogP contribution >= 0.6 is 0 Å². The molecule has 0 bridgehead atoms. The topological polar surface area (TPSA) is 21.3 Å². The molecule has 0 radical (unpaired) electrons. The van der Waals surface area contributed by atoms with Gasteiger partial charge in [-0.1, -0.05) is 17.7 Å². The standard InChI is InChI=1S/C14H21NO/c1-9-7-10(2)13(11(3)8-9)14-12(4)15-5-6-16-14/h7-8,12,14-15H,5-6H2,1-4H3. The molecule has 1 aliphatic heterocycles. The number of rotatable bonds is 1. The lowest BCUT2D eigenvalue weighted by atomic mass is 9.92.